The van der Waals surface area contributed by atoms with Gasteiger partial charge in [0, 0.05) is 19.3 Å². The lowest BCUT2D eigenvalue weighted by molar-refractivity contribution is -0.889. The molecule has 0 rings (SSSR count). The number of esters is 2. The van der Waals surface area contributed by atoms with Gasteiger partial charge < -0.3 is 28.6 Å². The fraction of sp³-hybridized carbons (Fsp3) is 0.604. The van der Waals surface area contributed by atoms with E-state index < -0.39 is 18.1 Å². The number of carboxylic acids is 1. The van der Waals surface area contributed by atoms with Crippen molar-refractivity contribution in [1.29, 1.82) is 0 Å². The Morgan fingerprint density at radius 2 is 0.946 bits per heavy atom. The Hall–Kier alpha value is -3.75. The standard InChI is InChI=1S/C48H77NO7/c1-6-8-10-12-14-16-17-18-19-20-21-22-23-24-25-26-27-28-29-31-33-35-37-39-47(51)56-44(42-54-41-40-45(48(52)53)49(3,4)5)43-55-46(50)38-36-34-32-30-15-13-11-9-7-2/h8-11,14-16,18-19,21-22,24-25,27-28,30,44-45H,6-7,12-13,17,20,23,26,29,31-43H2,1-5H3/b10-8+,11-9+,16-14+,19-18+,22-21+,25-24+,28-27+,30-15+. The molecule has 8 heteroatoms. The van der Waals surface area contributed by atoms with Crippen molar-refractivity contribution in [2.45, 2.75) is 148 Å². The number of unbranched alkanes of at least 4 members (excludes halogenated alkanes) is 6. The molecule has 0 saturated carbocycles. The largest absolute Gasteiger partial charge is 0.544 e. The fourth-order valence-corrected chi connectivity index (χ4v) is 5.46. The third kappa shape index (κ3) is 35.9. The molecule has 0 N–H and O–H groups in total. The van der Waals surface area contributed by atoms with Crippen molar-refractivity contribution in [3.8, 4) is 0 Å². The van der Waals surface area contributed by atoms with Gasteiger partial charge in [0.2, 0.25) is 0 Å². The zero-order valence-corrected chi connectivity index (χ0v) is 35.8. The highest BCUT2D eigenvalue weighted by atomic mass is 16.6. The molecule has 0 spiro atoms. The van der Waals surface area contributed by atoms with Gasteiger partial charge in [-0.1, -0.05) is 124 Å². The van der Waals surface area contributed by atoms with Crippen LogP contribution in [0.1, 0.15) is 136 Å². The normalized spacial score (nSPS) is 13.9. The van der Waals surface area contributed by atoms with Gasteiger partial charge >= 0.3 is 11.9 Å². The zero-order chi connectivity index (χ0) is 41.4. The molecule has 0 aromatic rings. The summed E-state index contributed by atoms with van der Waals surface area (Å²) in [6, 6.07) is -0.740. The highest BCUT2D eigenvalue weighted by molar-refractivity contribution is 5.70. The third-order valence-electron chi connectivity index (χ3n) is 8.72. The Bertz CT molecular complexity index is 1230. The molecular weight excluding hydrogens is 703 g/mol. The maximum Gasteiger partial charge on any atom is 0.306 e. The molecule has 0 saturated heterocycles. The van der Waals surface area contributed by atoms with Crippen LogP contribution in [0, 0.1) is 0 Å². The van der Waals surface area contributed by atoms with Gasteiger partial charge in [0.15, 0.2) is 6.10 Å². The second kappa shape index (κ2) is 38.1. The van der Waals surface area contributed by atoms with Crippen molar-refractivity contribution in [3.63, 3.8) is 0 Å². The molecule has 2 unspecified atom stereocenters. The van der Waals surface area contributed by atoms with Gasteiger partial charge in [-0.15, -0.1) is 0 Å². The number of ether oxygens (including phenoxy) is 3. The molecule has 0 aliphatic carbocycles. The highest BCUT2D eigenvalue weighted by Gasteiger charge is 2.25. The number of nitrogens with zero attached hydrogens (tertiary/aromatic N) is 1. The summed E-state index contributed by atoms with van der Waals surface area (Å²) in [5.74, 6) is -1.83. The molecule has 316 valence electrons. The quantitative estimate of drug-likeness (QED) is 0.0270. The SMILES string of the molecule is CC/C=C/C/C=C/C/C=C/C/C=C/C/C=C/C/C=C/CCCCCCC(=O)OC(COCCC(C(=O)[O-])[N+](C)(C)C)COC(=O)CCCC/C=C/C/C=C/CC. The van der Waals surface area contributed by atoms with Crippen LogP contribution < -0.4 is 5.11 Å². The van der Waals surface area contributed by atoms with Crippen molar-refractivity contribution in [2.75, 3.05) is 41.0 Å². The number of rotatable bonds is 36. The van der Waals surface area contributed by atoms with Crippen molar-refractivity contribution in [1.82, 2.24) is 0 Å². The number of carbonyl (C=O) groups is 3. The van der Waals surface area contributed by atoms with E-state index in [-0.39, 0.29) is 49.1 Å². The van der Waals surface area contributed by atoms with Crippen LogP contribution >= 0.6 is 0 Å². The summed E-state index contributed by atoms with van der Waals surface area (Å²) in [5.41, 5.74) is 0. The summed E-state index contributed by atoms with van der Waals surface area (Å²) >= 11 is 0. The topological polar surface area (TPSA) is 102 Å². The van der Waals surface area contributed by atoms with E-state index in [4.69, 9.17) is 14.2 Å². The Kier molecular flexibility index (Phi) is 35.6. The van der Waals surface area contributed by atoms with Crippen molar-refractivity contribution < 1.29 is 38.2 Å². The lowest BCUT2D eigenvalue weighted by Gasteiger charge is -2.34. The molecule has 56 heavy (non-hydrogen) atoms. The molecule has 0 heterocycles. The van der Waals surface area contributed by atoms with Crippen LogP contribution in [-0.2, 0) is 28.6 Å². The molecular formula is C48H77NO7. The van der Waals surface area contributed by atoms with Gasteiger partial charge in [-0.3, -0.25) is 9.59 Å². The van der Waals surface area contributed by atoms with Gasteiger partial charge in [0.1, 0.15) is 12.6 Å². The van der Waals surface area contributed by atoms with Crippen LogP contribution in [-0.4, -0.2) is 75.5 Å². The number of hydrogen-bond acceptors (Lipinski definition) is 7. The number of hydrogen-bond donors (Lipinski definition) is 0. The van der Waals surface area contributed by atoms with Crippen molar-refractivity contribution in [3.05, 3.63) is 97.2 Å². The van der Waals surface area contributed by atoms with Gasteiger partial charge in [-0.05, 0) is 89.9 Å². The molecule has 2 atom stereocenters. The highest BCUT2D eigenvalue weighted by Crippen LogP contribution is 2.11. The van der Waals surface area contributed by atoms with E-state index in [9.17, 15) is 19.5 Å². The van der Waals surface area contributed by atoms with Crippen LogP contribution in [0.2, 0.25) is 0 Å². The molecule has 0 aliphatic heterocycles. The van der Waals surface area contributed by atoms with Gasteiger partial charge in [0.05, 0.1) is 40.3 Å². The minimum atomic E-state index is -1.14. The Morgan fingerprint density at radius 3 is 1.41 bits per heavy atom. The first-order valence-electron chi connectivity index (χ1n) is 21.3. The van der Waals surface area contributed by atoms with Gasteiger partial charge in [-0.25, -0.2) is 0 Å². The summed E-state index contributed by atoms with van der Waals surface area (Å²) in [6.07, 6.45) is 50.2. The lowest BCUT2D eigenvalue weighted by atomic mass is 10.1. The smallest absolute Gasteiger partial charge is 0.306 e. The Labute approximate surface area is 341 Å². The fourth-order valence-electron chi connectivity index (χ4n) is 5.46. The second-order valence-corrected chi connectivity index (χ2v) is 14.8. The monoisotopic (exact) mass is 780 g/mol. The van der Waals surface area contributed by atoms with Gasteiger partial charge in [0.25, 0.3) is 0 Å². The average molecular weight is 780 g/mol. The molecule has 0 aromatic heterocycles. The number of allylic oxidation sites excluding steroid dienone is 16. The molecule has 0 radical (unpaired) electrons. The first kappa shape index (κ1) is 52.2. The van der Waals surface area contributed by atoms with E-state index in [0.717, 1.165) is 96.3 Å². The molecule has 0 amide bonds. The number of quaternary nitrogens is 1. The van der Waals surface area contributed by atoms with Crippen LogP contribution in [0.4, 0.5) is 0 Å². The van der Waals surface area contributed by atoms with E-state index >= 15 is 0 Å². The summed E-state index contributed by atoms with van der Waals surface area (Å²) in [7, 11) is 5.37. The predicted molar refractivity (Wildman–Crippen MR) is 231 cm³/mol. The van der Waals surface area contributed by atoms with E-state index in [2.05, 4.69) is 111 Å². The maximum absolute atomic E-state index is 12.7. The van der Waals surface area contributed by atoms with Crippen LogP contribution in [0.25, 0.3) is 0 Å². The van der Waals surface area contributed by atoms with E-state index in [0.29, 0.717) is 12.8 Å². The molecule has 0 fully saturated rings. The first-order valence-corrected chi connectivity index (χ1v) is 21.3. The van der Waals surface area contributed by atoms with Crippen LogP contribution in [0.3, 0.4) is 0 Å². The molecule has 0 bridgehead atoms. The van der Waals surface area contributed by atoms with E-state index in [1.807, 2.05) is 0 Å². The molecule has 8 nitrogen and oxygen atoms in total. The minimum absolute atomic E-state index is 0.0131. The average Bonchev–Trinajstić information content (AvgIpc) is 3.15. The summed E-state index contributed by atoms with van der Waals surface area (Å²) < 4.78 is 17.0. The predicted octanol–water partition coefficient (Wildman–Crippen LogP) is 10.2. The van der Waals surface area contributed by atoms with Crippen molar-refractivity contribution in [2.24, 2.45) is 0 Å². The Balaban J connectivity index is 4.39. The summed E-state index contributed by atoms with van der Waals surface area (Å²) in [6.45, 7) is 4.32. The number of aliphatic carboxylic acids is 1. The van der Waals surface area contributed by atoms with Crippen LogP contribution in [0.5, 0.6) is 0 Å². The van der Waals surface area contributed by atoms with Crippen LogP contribution in [0.15, 0.2) is 97.2 Å². The van der Waals surface area contributed by atoms with E-state index in [1.54, 1.807) is 21.1 Å². The third-order valence-corrected chi connectivity index (χ3v) is 8.72. The van der Waals surface area contributed by atoms with E-state index in [1.165, 1.54) is 0 Å². The minimum Gasteiger partial charge on any atom is -0.544 e. The van der Waals surface area contributed by atoms with Gasteiger partial charge in [-0.2, -0.15) is 0 Å². The van der Waals surface area contributed by atoms with Crippen molar-refractivity contribution >= 4 is 17.9 Å². The summed E-state index contributed by atoms with van der Waals surface area (Å²) in [5, 5.41) is 11.6. The first-order chi connectivity index (χ1) is 27.1. The lowest BCUT2D eigenvalue weighted by Crippen LogP contribution is -2.55. The number of likely N-dealkylation sites (N-methyl/N-ethyl adjacent to an activating group) is 1. The maximum atomic E-state index is 12.7. The zero-order valence-electron chi connectivity index (χ0n) is 35.8. The Morgan fingerprint density at radius 1 is 0.536 bits per heavy atom. The second-order valence-electron chi connectivity index (χ2n) is 14.8. The number of carboxylic acid groups (broad SMARTS) is 1. The molecule has 0 aliphatic rings. The summed E-state index contributed by atoms with van der Waals surface area (Å²) in [4.78, 5) is 36.7. The molecule has 0 aromatic carbocycles. The number of carbonyl (C=O) groups excluding carboxylic acids is 3.